The number of hydrogen-bond acceptors (Lipinski definition) is 2. The lowest BCUT2D eigenvalue weighted by Crippen LogP contribution is -2.04. The molecule has 90 valence electrons. The molecule has 0 bridgehead atoms. The molecule has 0 aliphatic carbocycles. The Balaban J connectivity index is 1.99. The number of ether oxygens (including phenoxy) is 1. The summed E-state index contributed by atoms with van der Waals surface area (Å²) < 4.78 is 9.07. The van der Waals surface area contributed by atoms with Crippen molar-refractivity contribution in [2.45, 2.75) is 26.5 Å². The SMILES string of the molecule is CCCn1cncc1COc1cccc(I)c1. The molecule has 1 aromatic heterocycles. The Labute approximate surface area is 115 Å². The Kier molecular flexibility index (Phi) is 4.42. The molecule has 3 nitrogen and oxygen atoms in total. The highest BCUT2D eigenvalue weighted by Gasteiger charge is 2.02. The number of aryl methyl sites for hydroxylation is 1. The summed E-state index contributed by atoms with van der Waals surface area (Å²) in [6.45, 7) is 3.72. The van der Waals surface area contributed by atoms with Gasteiger partial charge in [0.1, 0.15) is 12.4 Å². The summed E-state index contributed by atoms with van der Waals surface area (Å²) >= 11 is 2.28. The minimum absolute atomic E-state index is 0.570. The molecular weight excluding hydrogens is 327 g/mol. The topological polar surface area (TPSA) is 27.1 Å². The van der Waals surface area contributed by atoms with E-state index in [9.17, 15) is 0 Å². The van der Waals surface area contributed by atoms with Gasteiger partial charge >= 0.3 is 0 Å². The van der Waals surface area contributed by atoms with Crippen molar-refractivity contribution < 1.29 is 4.74 Å². The van der Waals surface area contributed by atoms with Gasteiger partial charge in [-0.2, -0.15) is 0 Å². The maximum Gasteiger partial charge on any atom is 0.130 e. The number of hydrogen-bond donors (Lipinski definition) is 0. The number of imidazole rings is 1. The standard InChI is InChI=1S/C13H15IN2O/c1-2-6-16-10-15-8-12(16)9-17-13-5-3-4-11(14)7-13/h3-5,7-8,10H,2,6,9H2,1H3. The highest BCUT2D eigenvalue weighted by molar-refractivity contribution is 14.1. The average Bonchev–Trinajstić information content (AvgIpc) is 2.75. The Morgan fingerprint density at radius 1 is 1.41 bits per heavy atom. The van der Waals surface area contributed by atoms with Crippen LogP contribution in [0.2, 0.25) is 0 Å². The summed E-state index contributed by atoms with van der Waals surface area (Å²) in [5.74, 6) is 0.904. The van der Waals surface area contributed by atoms with E-state index in [-0.39, 0.29) is 0 Å². The zero-order chi connectivity index (χ0) is 12.1. The minimum atomic E-state index is 0.570. The molecule has 0 amide bonds. The summed E-state index contributed by atoms with van der Waals surface area (Å²) in [6, 6.07) is 8.05. The Morgan fingerprint density at radius 2 is 2.29 bits per heavy atom. The van der Waals surface area contributed by atoms with Crippen molar-refractivity contribution in [1.29, 1.82) is 0 Å². The van der Waals surface area contributed by atoms with Crippen LogP contribution in [0.1, 0.15) is 19.0 Å². The van der Waals surface area contributed by atoms with Crippen molar-refractivity contribution in [3.05, 3.63) is 46.1 Å². The molecule has 1 aromatic carbocycles. The molecule has 1 heterocycles. The molecule has 0 spiro atoms. The summed E-state index contributed by atoms with van der Waals surface area (Å²) in [7, 11) is 0. The maximum atomic E-state index is 5.75. The number of benzene rings is 1. The monoisotopic (exact) mass is 342 g/mol. The highest BCUT2D eigenvalue weighted by atomic mass is 127. The third-order valence-corrected chi connectivity index (χ3v) is 3.12. The smallest absolute Gasteiger partial charge is 0.130 e. The predicted molar refractivity (Wildman–Crippen MR) is 76.0 cm³/mol. The second-order valence-electron chi connectivity index (χ2n) is 3.82. The van der Waals surface area contributed by atoms with Gasteiger partial charge in [0.25, 0.3) is 0 Å². The first kappa shape index (κ1) is 12.4. The molecule has 0 saturated heterocycles. The molecule has 17 heavy (non-hydrogen) atoms. The maximum absolute atomic E-state index is 5.75. The van der Waals surface area contributed by atoms with Gasteiger partial charge in [0, 0.05) is 10.1 Å². The largest absolute Gasteiger partial charge is 0.487 e. The molecule has 2 rings (SSSR count). The third-order valence-electron chi connectivity index (χ3n) is 2.45. The van der Waals surface area contributed by atoms with E-state index in [1.807, 2.05) is 30.7 Å². The van der Waals surface area contributed by atoms with Crippen LogP contribution in [0.25, 0.3) is 0 Å². The molecule has 4 heteroatoms. The van der Waals surface area contributed by atoms with Crippen LogP contribution in [0.15, 0.2) is 36.8 Å². The van der Waals surface area contributed by atoms with Gasteiger partial charge in [-0.05, 0) is 47.2 Å². The molecule has 0 radical (unpaired) electrons. The number of rotatable bonds is 5. The zero-order valence-corrected chi connectivity index (χ0v) is 11.9. The number of nitrogens with zero attached hydrogens (tertiary/aromatic N) is 2. The van der Waals surface area contributed by atoms with Gasteiger partial charge in [0.05, 0.1) is 18.2 Å². The lowest BCUT2D eigenvalue weighted by atomic mass is 10.3. The van der Waals surface area contributed by atoms with Crippen LogP contribution in [0.4, 0.5) is 0 Å². The van der Waals surface area contributed by atoms with Crippen LogP contribution in [0.5, 0.6) is 5.75 Å². The van der Waals surface area contributed by atoms with Gasteiger partial charge in [-0.3, -0.25) is 0 Å². The second kappa shape index (κ2) is 6.05. The minimum Gasteiger partial charge on any atom is -0.487 e. The fourth-order valence-corrected chi connectivity index (χ4v) is 2.14. The van der Waals surface area contributed by atoms with Crippen molar-refractivity contribution in [3.63, 3.8) is 0 Å². The molecule has 0 aliphatic heterocycles. The summed E-state index contributed by atoms with van der Waals surface area (Å²) in [5, 5.41) is 0. The van der Waals surface area contributed by atoms with E-state index < -0.39 is 0 Å². The van der Waals surface area contributed by atoms with E-state index >= 15 is 0 Å². The molecule has 0 saturated carbocycles. The van der Waals surface area contributed by atoms with Gasteiger partial charge in [-0.25, -0.2) is 4.98 Å². The van der Waals surface area contributed by atoms with Gasteiger partial charge in [0.2, 0.25) is 0 Å². The van der Waals surface area contributed by atoms with Gasteiger partial charge in [0.15, 0.2) is 0 Å². The number of halogens is 1. The Bertz CT molecular complexity index is 482. The summed E-state index contributed by atoms with van der Waals surface area (Å²) in [4.78, 5) is 4.15. The van der Waals surface area contributed by atoms with E-state index in [1.165, 1.54) is 3.57 Å². The fourth-order valence-electron chi connectivity index (χ4n) is 1.62. The van der Waals surface area contributed by atoms with Gasteiger partial charge in [-0.15, -0.1) is 0 Å². The van der Waals surface area contributed by atoms with Gasteiger partial charge in [-0.1, -0.05) is 13.0 Å². The van der Waals surface area contributed by atoms with Crippen LogP contribution in [-0.2, 0) is 13.2 Å². The molecule has 2 aromatic rings. The van der Waals surface area contributed by atoms with E-state index in [2.05, 4.69) is 45.1 Å². The van der Waals surface area contributed by atoms with Gasteiger partial charge < -0.3 is 9.30 Å². The molecule has 0 N–H and O–H groups in total. The molecule has 0 unspecified atom stereocenters. The fraction of sp³-hybridized carbons (Fsp3) is 0.308. The van der Waals surface area contributed by atoms with Crippen LogP contribution in [0.3, 0.4) is 0 Å². The molecule has 0 atom stereocenters. The van der Waals surface area contributed by atoms with Crippen LogP contribution in [0, 0.1) is 3.57 Å². The molecule has 0 fully saturated rings. The quantitative estimate of drug-likeness (QED) is 0.778. The first-order valence-corrected chi connectivity index (χ1v) is 6.75. The van der Waals surface area contributed by atoms with E-state index in [0.29, 0.717) is 6.61 Å². The van der Waals surface area contributed by atoms with Crippen LogP contribution >= 0.6 is 22.6 Å². The van der Waals surface area contributed by atoms with Crippen LogP contribution < -0.4 is 4.74 Å². The van der Waals surface area contributed by atoms with Crippen molar-refractivity contribution in [2.24, 2.45) is 0 Å². The molecule has 0 aliphatic rings. The number of aromatic nitrogens is 2. The average molecular weight is 342 g/mol. The normalized spacial score (nSPS) is 10.5. The summed E-state index contributed by atoms with van der Waals surface area (Å²) in [5.41, 5.74) is 1.12. The second-order valence-corrected chi connectivity index (χ2v) is 5.07. The van der Waals surface area contributed by atoms with Crippen molar-refractivity contribution in [3.8, 4) is 5.75 Å². The Hall–Kier alpha value is -1.04. The lowest BCUT2D eigenvalue weighted by Gasteiger charge is -2.09. The van der Waals surface area contributed by atoms with E-state index in [0.717, 1.165) is 24.4 Å². The Morgan fingerprint density at radius 3 is 3.06 bits per heavy atom. The zero-order valence-electron chi connectivity index (χ0n) is 9.77. The van der Waals surface area contributed by atoms with Crippen molar-refractivity contribution >= 4 is 22.6 Å². The van der Waals surface area contributed by atoms with Crippen molar-refractivity contribution in [1.82, 2.24) is 9.55 Å². The first-order chi connectivity index (χ1) is 8.29. The first-order valence-electron chi connectivity index (χ1n) is 5.67. The summed E-state index contributed by atoms with van der Waals surface area (Å²) in [6.07, 6.45) is 4.83. The predicted octanol–water partition coefficient (Wildman–Crippen LogP) is 3.48. The third kappa shape index (κ3) is 3.46. The van der Waals surface area contributed by atoms with E-state index in [4.69, 9.17) is 4.74 Å². The lowest BCUT2D eigenvalue weighted by molar-refractivity contribution is 0.294. The molecular formula is C13H15IN2O. The van der Waals surface area contributed by atoms with Crippen molar-refractivity contribution in [2.75, 3.05) is 0 Å². The van der Waals surface area contributed by atoms with E-state index in [1.54, 1.807) is 0 Å². The van der Waals surface area contributed by atoms with Crippen LogP contribution in [-0.4, -0.2) is 9.55 Å². The highest BCUT2D eigenvalue weighted by Crippen LogP contribution is 2.16.